The van der Waals surface area contributed by atoms with Gasteiger partial charge in [-0.3, -0.25) is 0 Å². The number of hydrogen-bond acceptors (Lipinski definition) is 1. The highest BCUT2D eigenvalue weighted by atomic mass is 35.5. The van der Waals surface area contributed by atoms with E-state index in [0.717, 1.165) is 18.1 Å². The first-order chi connectivity index (χ1) is 8.78. The molecule has 0 aliphatic heterocycles. The second-order valence-electron chi connectivity index (χ2n) is 7.07. The normalized spacial score (nSPS) is 13.8. The molecule has 1 atom stereocenters. The maximum Gasteiger partial charge on any atom is 0.0449 e. The van der Waals surface area contributed by atoms with Crippen LogP contribution < -0.4 is 5.32 Å². The minimum absolute atomic E-state index is 0.614. The van der Waals surface area contributed by atoms with Gasteiger partial charge in [0.1, 0.15) is 0 Å². The van der Waals surface area contributed by atoms with Gasteiger partial charge in [-0.2, -0.15) is 0 Å². The van der Waals surface area contributed by atoms with Crippen LogP contribution in [0.2, 0.25) is 30.7 Å². The molecule has 0 aliphatic rings. The van der Waals surface area contributed by atoms with Crippen LogP contribution in [0.1, 0.15) is 25.3 Å². The number of benzene rings is 1. The number of halogens is 1. The lowest BCUT2D eigenvalue weighted by Crippen LogP contribution is -2.30. The van der Waals surface area contributed by atoms with Gasteiger partial charge in [-0.1, -0.05) is 57.2 Å². The van der Waals surface area contributed by atoms with E-state index in [1.54, 1.807) is 0 Å². The molecule has 0 aliphatic carbocycles. The standard InChI is InChI=1S/C16H28ClNSi/c1-13(2)10-18-11-15(12-19(3,4)5)14-6-8-16(17)9-7-14/h6-9,13,15,18H,10-12H2,1-5H3. The van der Waals surface area contributed by atoms with Crippen LogP contribution in [-0.2, 0) is 0 Å². The fourth-order valence-corrected chi connectivity index (χ4v) is 4.31. The molecule has 0 fully saturated rings. The van der Waals surface area contributed by atoms with Crippen LogP contribution in [0.3, 0.4) is 0 Å². The maximum atomic E-state index is 5.99. The van der Waals surface area contributed by atoms with E-state index < -0.39 is 8.07 Å². The van der Waals surface area contributed by atoms with Crippen molar-refractivity contribution in [2.75, 3.05) is 13.1 Å². The van der Waals surface area contributed by atoms with Crippen molar-refractivity contribution in [3.8, 4) is 0 Å². The van der Waals surface area contributed by atoms with Crippen LogP contribution in [0, 0.1) is 5.92 Å². The zero-order chi connectivity index (χ0) is 14.5. The van der Waals surface area contributed by atoms with Crippen LogP contribution >= 0.6 is 11.6 Å². The molecule has 0 saturated heterocycles. The Morgan fingerprint density at radius 1 is 1.05 bits per heavy atom. The van der Waals surface area contributed by atoms with E-state index in [0.29, 0.717) is 11.8 Å². The Balaban J connectivity index is 2.71. The molecule has 3 heteroatoms. The van der Waals surface area contributed by atoms with E-state index in [2.05, 4.69) is 50.9 Å². The Hall–Kier alpha value is -0.313. The number of nitrogens with one attached hydrogen (secondary N) is 1. The topological polar surface area (TPSA) is 12.0 Å². The minimum Gasteiger partial charge on any atom is -0.316 e. The van der Waals surface area contributed by atoms with Crippen LogP contribution in [0.15, 0.2) is 24.3 Å². The van der Waals surface area contributed by atoms with Crippen LogP contribution in [-0.4, -0.2) is 21.2 Å². The Morgan fingerprint density at radius 3 is 2.11 bits per heavy atom. The van der Waals surface area contributed by atoms with E-state index in [-0.39, 0.29) is 0 Å². The van der Waals surface area contributed by atoms with Crippen LogP contribution in [0.4, 0.5) is 0 Å². The fraction of sp³-hybridized carbons (Fsp3) is 0.625. The molecule has 0 heterocycles. The zero-order valence-corrected chi connectivity index (χ0v) is 14.7. The lowest BCUT2D eigenvalue weighted by Gasteiger charge is -2.26. The third kappa shape index (κ3) is 7.14. The average Bonchev–Trinajstić information content (AvgIpc) is 2.26. The Bertz CT molecular complexity index is 367. The molecule has 1 rings (SSSR count). The van der Waals surface area contributed by atoms with Gasteiger partial charge in [0, 0.05) is 19.6 Å². The molecular weight excluding hydrogens is 270 g/mol. The molecule has 0 spiro atoms. The molecule has 1 aromatic carbocycles. The molecule has 0 saturated carbocycles. The van der Waals surface area contributed by atoms with Gasteiger partial charge >= 0.3 is 0 Å². The van der Waals surface area contributed by atoms with Crippen molar-refractivity contribution < 1.29 is 0 Å². The van der Waals surface area contributed by atoms with Crippen molar-refractivity contribution in [3.63, 3.8) is 0 Å². The second-order valence-corrected chi connectivity index (χ2v) is 13.0. The minimum atomic E-state index is -1.07. The monoisotopic (exact) mass is 297 g/mol. The molecule has 1 N–H and O–H groups in total. The van der Waals surface area contributed by atoms with Gasteiger partial charge in [0.15, 0.2) is 0 Å². The summed E-state index contributed by atoms with van der Waals surface area (Å²) in [5, 5.41) is 4.43. The SMILES string of the molecule is CC(C)CNCC(C[Si](C)(C)C)c1ccc(Cl)cc1. The summed E-state index contributed by atoms with van der Waals surface area (Å²) in [6, 6.07) is 9.71. The van der Waals surface area contributed by atoms with Crippen molar-refractivity contribution in [2.24, 2.45) is 5.92 Å². The molecule has 1 nitrogen and oxygen atoms in total. The highest BCUT2D eigenvalue weighted by Crippen LogP contribution is 2.27. The first kappa shape index (κ1) is 16.7. The first-order valence-electron chi connectivity index (χ1n) is 7.24. The van der Waals surface area contributed by atoms with Crippen molar-refractivity contribution in [1.29, 1.82) is 0 Å². The summed E-state index contributed by atoms with van der Waals surface area (Å²) in [7, 11) is -1.07. The molecule has 0 amide bonds. The Kier molecular flexibility index (Phi) is 6.58. The Labute approximate surface area is 124 Å². The highest BCUT2D eigenvalue weighted by Gasteiger charge is 2.21. The molecule has 19 heavy (non-hydrogen) atoms. The van der Waals surface area contributed by atoms with Crippen LogP contribution in [0.25, 0.3) is 0 Å². The van der Waals surface area contributed by atoms with Gasteiger partial charge in [-0.25, -0.2) is 0 Å². The zero-order valence-electron chi connectivity index (χ0n) is 13.0. The van der Waals surface area contributed by atoms with Crippen molar-refractivity contribution in [1.82, 2.24) is 5.32 Å². The van der Waals surface area contributed by atoms with Gasteiger partial charge in [0.2, 0.25) is 0 Å². The van der Waals surface area contributed by atoms with Gasteiger partial charge < -0.3 is 5.32 Å². The highest BCUT2D eigenvalue weighted by molar-refractivity contribution is 6.76. The lowest BCUT2D eigenvalue weighted by atomic mass is 10.0. The largest absolute Gasteiger partial charge is 0.316 e. The average molecular weight is 298 g/mol. The third-order valence-corrected chi connectivity index (χ3v) is 5.11. The smallest absolute Gasteiger partial charge is 0.0449 e. The van der Waals surface area contributed by atoms with Gasteiger partial charge in [-0.05, 0) is 42.1 Å². The molecule has 1 unspecified atom stereocenters. The summed E-state index contributed by atoms with van der Waals surface area (Å²) in [5.74, 6) is 1.32. The maximum absolute atomic E-state index is 5.99. The molecule has 0 bridgehead atoms. The first-order valence-corrected chi connectivity index (χ1v) is 11.3. The summed E-state index contributed by atoms with van der Waals surface area (Å²) in [6.07, 6.45) is 0. The van der Waals surface area contributed by atoms with E-state index >= 15 is 0 Å². The van der Waals surface area contributed by atoms with E-state index in [4.69, 9.17) is 11.6 Å². The lowest BCUT2D eigenvalue weighted by molar-refractivity contribution is 0.527. The van der Waals surface area contributed by atoms with Crippen molar-refractivity contribution in [3.05, 3.63) is 34.9 Å². The summed E-state index contributed by atoms with van der Waals surface area (Å²) >= 11 is 5.99. The van der Waals surface area contributed by atoms with E-state index in [9.17, 15) is 0 Å². The fourth-order valence-electron chi connectivity index (χ4n) is 2.33. The van der Waals surface area contributed by atoms with Crippen molar-refractivity contribution in [2.45, 2.75) is 45.5 Å². The second kappa shape index (κ2) is 7.46. The molecule has 1 aromatic rings. The van der Waals surface area contributed by atoms with Gasteiger partial charge in [0.25, 0.3) is 0 Å². The predicted octanol–water partition coefficient (Wildman–Crippen LogP) is 5.01. The number of rotatable bonds is 7. The molecular formula is C16H28ClNSi. The summed E-state index contributed by atoms with van der Waals surface area (Å²) in [5.41, 5.74) is 1.42. The molecule has 108 valence electrons. The Morgan fingerprint density at radius 2 is 1.63 bits per heavy atom. The number of hydrogen-bond donors (Lipinski definition) is 1. The molecule has 0 radical (unpaired) electrons. The van der Waals surface area contributed by atoms with E-state index in [1.807, 2.05) is 12.1 Å². The van der Waals surface area contributed by atoms with Gasteiger partial charge in [0.05, 0.1) is 0 Å². The van der Waals surface area contributed by atoms with E-state index in [1.165, 1.54) is 11.6 Å². The summed E-state index contributed by atoms with van der Waals surface area (Å²) < 4.78 is 0. The third-order valence-electron chi connectivity index (χ3n) is 3.14. The summed E-state index contributed by atoms with van der Waals surface area (Å²) in [6.45, 7) is 14.0. The van der Waals surface area contributed by atoms with Crippen LogP contribution in [0.5, 0.6) is 0 Å². The van der Waals surface area contributed by atoms with Gasteiger partial charge in [-0.15, -0.1) is 0 Å². The van der Waals surface area contributed by atoms with Crippen molar-refractivity contribution >= 4 is 19.7 Å². The predicted molar refractivity (Wildman–Crippen MR) is 90.1 cm³/mol. The quantitative estimate of drug-likeness (QED) is 0.698. The summed E-state index contributed by atoms with van der Waals surface area (Å²) in [4.78, 5) is 0. The molecule has 0 aromatic heterocycles.